The minimum absolute atomic E-state index is 0.404. The van der Waals surface area contributed by atoms with Gasteiger partial charge in [-0.2, -0.15) is 5.10 Å². The maximum atomic E-state index is 12.4. The van der Waals surface area contributed by atoms with Crippen LogP contribution in [0.5, 0.6) is 0 Å². The fraction of sp³-hybridized carbons (Fsp3) is 0.433. The van der Waals surface area contributed by atoms with Crippen LogP contribution in [0.3, 0.4) is 0 Å². The van der Waals surface area contributed by atoms with Crippen LogP contribution in [-0.2, 0) is 17.6 Å². The largest absolute Gasteiger partial charge is 0.380 e. The van der Waals surface area contributed by atoms with Gasteiger partial charge in [0.15, 0.2) is 5.60 Å². The Hall–Kier alpha value is -3.11. The van der Waals surface area contributed by atoms with Crippen molar-refractivity contribution in [1.82, 2.24) is 20.1 Å². The molecule has 3 heterocycles. The average molecular weight is 483 g/mol. The molecular formula is C30H34N4O2. The van der Waals surface area contributed by atoms with Crippen molar-refractivity contribution < 1.29 is 10.2 Å². The van der Waals surface area contributed by atoms with E-state index in [0.717, 1.165) is 37.1 Å². The molecule has 2 aromatic heterocycles. The number of aliphatic hydroxyl groups is 2. The number of pyridine rings is 1. The topological polar surface area (TPSA) is 82.4 Å². The SMILES string of the molecule is CC(C)c1ccc(C(O)(c2cnnc(C#CC3(O)CCCc4cccnc43)c2)C2(C)CN(C)C2)cc1. The predicted molar refractivity (Wildman–Crippen MR) is 139 cm³/mol. The second-order valence-electron chi connectivity index (χ2n) is 11.0. The highest BCUT2D eigenvalue weighted by Crippen LogP contribution is 2.50. The lowest BCUT2D eigenvalue weighted by Gasteiger charge is -2.55. The minimum Gasteiger partial charge on any atom is -0.380 e. The Labute approximate surface area is 213 Å². The maximum Gasteiger partial charge on any atom is 0.168 e. The first-order valence-electron chi connectivity index (χ1n) is 12.7. The molecule has 1 aliphatic heterocycles. The van der Waals surface area contributed by atoms with E-state index in [2.05, 4.69) is 71.9 Å². The summed E-state index contributed by atoms with van der Waals surface area (Å²) in [6, 6.07) is 13.9. The Morgan fingerprint density at radius 2 is 1.86 bits per heavy atom. The number of aromatic nitrogens is 3. The third-order valence-electron chi connectivity index (χ3n) is 7.84. The van der Waals surface area contributed by atoms with Crippen molar-refractivity contribution in [3.8, 4) is 11.8 Å². The Balaban J connectivity index is 1.55. The van der Waals surface area contributed by atoms with Crippen LogP contribution >= 0.6 is 0 Å². The fourth-order valence-corrected chi connectivity index (χ4v) is 5.93. The van der Waals surface area contributed by atoms with E-state index in [0.29, 0.717) is 29.3 Å². The Morgan fingerprint density at radius 3 is 2.56 bits per heavy atom. The first kappa shape index (κ1) is 24.6. The molecule has 6 heteroatoms. The van der Waals surface area contributed by atoms with Gasteiger partial charge in [-0.3, -0.25) is 4.98 Å². The number of fused-ring (bicyclic) bond motifs is 1. The highest BCUT2D eigenvalue weighted by Gasteiger charge is 2.55. The van der Waals surface area contributed by atoms with Crippen LogP contribution < -0.4 is 0 Å². The number of nitrogens with zero attached hydrogens (tertiary/aromatic N) is 4. The van der Waals surface area contributed by atoms with E-state index in [1.165, 1.54) is 5.56 Å². The summed E-state index contributed by atoms with van der Waals surface area (Å²) in [5.74, 6) is 6.49. The molecule has 6 nitrogen and oxygen atoms in total. The molecule has 0 bridgehead atoms. The number of benzene rings is 1. The Kier molecular flexibility index (Phi) is 6.20. The van der Waals surface area contributed by atoms with Crippen LogP contribution in [0.25, 0.3) is 0 Å². The lowest BCUT2D eigenvalue weighted by Crippen LogP contribution is -2.63. The van der Waals surface area contributed by atoms with Crippen LogP contribution in [0.15, 0.2) is 54.9 Å². The van der Waals surface area contributed by atoms with Crippen molar-refractivity contribution in [3.63, 3.8) is 0 Å². The summed E-state index contributed by atoms with van der Waals surface area (Å²) < 4.78 is 0. The zero-order chi connectivity index (χ0) is 25.6. The van der Waals surface area contributed by atoms with E-state index < -0.39 is 16.6 Å². The molecule has 2 N–H and O–H groups in total. The van der Waals surface area contributed by atoms with Gasteiger partial charge in [-0.25, -0.2) is 0 Å². The standard InChI is InChI=1S/C30H34N4O2/c1-21(2)22-9-11-24(12-10-22)30(36,28(3)19-34(4)20-28)25-17-26(33-32-18-25)13-15-29(35)14-5-7-23-8-6-16-31-27(23)29/h6,8-12,16-18,21,35-36H,5,7,14,19-20H2,1-4H3. The Bertz CT molecular complexity index is 1320. The highest BCUT2D eigenvalue weighted by molar-refractivity contribution is 5.44. The predicted octanol–water partition coefficient (Wildman–Crippen LogP) is 3.76. The first-order chi connectivity index (χ1) is 17.1. The minimum atomic E-state index is -1.32. The summed E-state index contributed by atoms with van der Waals surface area (Å²) in [5, 5.41) is 32.2. The smallest absolute Gasteiger partial charge is 0.168 e. The normalized spacial score (nSPS) is 22.6. The van der Waals surface area contributed by atoms with Crippen LogP contribution in [-0.4, -0.2) is 50.4 Å². The van der Waals surface area contributed by atoms with Gasteiger partial charge in [-0.05, 0) is 67.0 Å². The zero-order valence-electron chi connectivity index (χ0n) is 21.5. The number of aryl methyl sites for hydroxylation is 1. The van der Waals surface area contributed by atoms with Crippen LogP contribution in [0.1, 0.15) is 73.2 Å². The molecule has 5 rings (SSSR count). The zero-order valence-corrected chi connectivity index (χ0v) is 21.5. The molecule has 0 amide bonds. The third kappa shape index (κ3) is 4.12. The highest BCUT2D eigenvalue weighted by atomic mass is 16.3. The second kappa shape index (κ2) is 9.08. The molecule has 2 atom stereocenters. The molecule has 2 unspecified atom stereocenters. The van der Waals surface area contributed by atoms with Crippen molar-refractivity contribution in [1.29, 1.82) is 0 Å². The lowest BCUT2D eigenvalue weighted by atomic mass is 9.62. The summed E-state index contributed by atoms with van der Waals surface area (Å²) in [4.78, 5) is 6.63. The van der Waals surface area contributed by atoms with Crippen LogP contribution in [0, 0.1) is 17.3 Å². The molecule has 36 heavy (non-hydrogen) atoms. The van der Waals surface area contributed by atoms with Gasteiger partial charge in [-0.1, -0.05) is 57.0 Å². The lowest BCUT2D eigenvalue weighted by molar-refractivity contribution is -0.127. The Morgan fingerprint density at radius 1 is 1.11 bits per heavy atom. The first-order valence-corrected chi connectivity index (χ1v) is 12.7. The monoisotopic (exact) mass is 482 g/mol. The molecule has 1 aliphatic carbocycles. The van der Waals surface area contributed by atoms with Gasteiger partial charge in [0.05, 0.1) is 11.9 Å². The van der Waals surface area contributed by atoms with Crippen molar-refractivity contribution in [2.75, 3.05) is 20.1 Å². The van der Waals surface area contributed by atoms with E-state index >= 15 is 0 Å². The van der Waals surface area contributed by atoms with Gasteiger partial charge in [0.1, 0.15) is 11.3 Å². The third-order valence-corrected chi connectivity index (χ3v) is 7.84. The number of hydrogen-bond donors (Lipinski definition) is 2. The molecule has 2 aliphatic rings. The van der Waals surface area contributed by atoms with Crippen molar-refractivity contribution in [2.45, 2.75) is 57.2 Å². The molecule has 3 aromatic rings. The van der Waals surface area contributed by atoms with Gasteiger partial charge in [0.2, 0.25) is 0 Å². The second-order valence-corrected chi connectivity index (χ2v) is 11.0. The van der Waals surface area contributed by atoms with Crippen molar-refractivity contribution in [3.05, 3.63) is 88.5 Å². The van der Waals surface area contributed by atoms with Crippen molar-refractivity contribution >= 4 is 0 Å². The van der Waals surface area contributed by atoms with E-state index in [4.69, 9.17) is 0 Å². The number of hydrogen-bond acceptors (Lipinski definition) is 6. The number of likely N-dealkylation sites (tertiary alicyclic amines) is 1. The summed E-state index contributed by atoms with van der Waals surface area (Å²) >= 11 is 0. The van der Waals surface area contributed by atoms with Crippen molar-refractivity contribution in [2.24, 2.45) is 5.41 Å². The molecule has 1 saturated heterocycles. The van der Waals surface area contributed by atoms with E-state index in [1.807, 2.05) is 30.3 Å². The maximum absolute atomic E-state index is 12.4. The summed E-state index contributed by atoms with van der Waals surface area (Å²) in [6.07, 6.45) is 5.58. The van der Waals surface area contributed by atoms with Gasteiger partial charge < -0.3 is 15.1 Å². The van der Waals surface area contributed by atoms with Gasteiger partial charge >= 0.3 is 0 Å². The molecular weight excluding hydrogens is 448 g/mol. The van der Waals surface area contributed by atoms with E-state index in [1.54, 1.807) is 12.4 Å². The summed E-state index contributed by atoms with van der Waals surface area (Å²) in [5.41, 5.74) is 1.79. The quantitative estimate of drug-likeness (QED) is 0.551. The van der Waals surface area contributed by atoms with Crippen LogP contribution in [0.2, 0.25) is 0 Å². The van der Waals surface area contributed by atoms with E-state index in [9.17, 15) is 10.2 Å². The van der Waals surface area contributed by atoms with Gasteiger partial charge in [0.25, 0.3) is 0 Å². The molecule has 0 saturated carbocycles. The summed E-state index contributed by atoms with van der Waals surface area (Å²) in [7, 11) is 2.06. The molecule has 0 radical (unpaired) electrons. The summed E-state index contributed by atoms with van der Waals surface area (Å²) in [6.45, 7) is 7.94. The van der Waals surface area contributed by atoms with Crippen LogP contribution in [0.4, 0.5) is 0 Å². The number of rotatable bonds is 4. The molecule has 0 spiro atoms. The fourth-order valence-electron chi connectivity index (χ4n) is 5.93. The van der Waals surface area contributed by atoms with Gasteiger partial charge in [-0.15, -0.1) is 5.10 Å². The average Bonchev–Trinajstić information content (AvgIpc) is 2.87. The molecule has 1 aromatic carbocycles. The molecule has 186 valence electrons. The molecule has 1 fully saturated rings. The van der Waals surface area contributed by atoms with E-state index in [-0.39, 0.29) is 0 Å². The van der Waals surface area contributed by atoms with Gasteiger partial charge in [0, 0.05) is 30.3 Å².